The first-order valence-electron chi connectivity index (χ1n) is 13.6. The van der Waals surface area contributed by atoms with E-state index < -0.39 is 17.7 Å². The van der Waals surface area contributed by atoms with Gasteiger partial charge >= 0.3 is 12.1 Å². The van der Waals surface area contributed by atoms with Gasteiger partial charge in [-0.15, -0.1) is 0 Å². The Kier molecular flexibility index (Phi) is 11.2. The van der Waals surface area contributed by atoms with Crippen LogP contribution in [0.4, 0.5) is 24.7 Å². The van der Waals surface area contributed by atoms with Crippen LogP contribution in [0.1, 0.15) is 67.8 Å². The van der Waals surface area contributed by atoms with Crippen LogP contribution < -0.4 is 15.5 Å². The lowest BCUT2D eigenvalue weighted by Crippen LogP contribution is -2.34. The first-order chi connectivity index (χ1) is 19.4. The highest BCUT2D eigenvalue weighted by Gasteiger charge is 2.32. The molecule has 1 atom stereocenters. The number of carboxylic acids is 1. The molecule has 1 unspecified atom stereocenters. The van der Waals surface area contributed by atoms with Gasteiger partial charge in [-0.2, -0.15) is 13.2 Å². The lowest BCUT2D eigenvalue weighted by atomic mass is 9.79. The van der Waals surface area contributed by atoms with Crippen molar-refractivity contribution in [2.75, 3.05) is 23.8 Å². The van der Waals surface area contributed by atoms with E-state index in [4.69, 9.17) is 16.7 Å². The van der Waals surface area contributed by atoms with Crippen molar-refractivity contribution < 1.29 is 27.9 Å². The molecule has 0 spiro atoms. The summed E-state index contributed by atoms with van der Waals surface area (Å²) in [5.41, 5.74) is 2.05. The van der Waals surface area contributed by atoms with Gasteiger partial charge in [-0.05, 0) is 66.7 Å². The van der Waals surface area contributed by atoms with Crippen LogP contribution >= 0.6 is 11.6 Å². The van der Waals surface area contributed by atoms with Crippen LogP contribution in [0.3, 0.4) is 0 Å². The number of nitrogens with one attached hydrogen (secondary N) is 2. The fourth-order valence-electron chi connectivity index (χ4n) is 4.91. The molecule has 2 aromatic rings. The van der Waals surface area contributed by atoms with E-state index >= 15 is 0 Å². The van der Waals surface area contributed by atoms with Crippen LogP contribution in [0, 0.1) is 5.92 Å². The van der Waals surface area contributed by atoms with Crippen molar-refractivity contribution in [3.8, 4) is 0 Å². The summed E-state index contributed by atoms with van der Waals surface area (Å²) in [5, 5.41) is 14.9. The van der Waals surface area contributed by atoms with Crippen molar-refractivity contribution in [1.82, 2.24) is 10.3 Å². The molecule has 3 N–H and O–H groups in total. The number of aromatic nitrogens is 1. The number of nitrogens with zero attached hydrogens (tertiary/aromatic N) is 2. The van der Waals surface area contributed by atoms with Crippen molar-refractivity contribution in [2.24, 2.45) is 5.92 Å². The summed E-state index contributed by atoms with van der Waals surface area (Å²) in [6.45, 7) is 6.33. The van der Waals surface area contributed by atoms with Crippen molar-refractivity contribution in [3.63, 3.8) is 0 Å². The van der Waals surface area contributed by atoms with E-state index in [1.165, 1.54) is 0 Å². The van der Waals surface area contributed by atoms with E-state index in [1.807, 2.05) is 13.1 Å². The van der Waals surface area contributed by atoms with Crippen molar-refractivity contribution in [3.05, 3.63) is 76.6 Å². The topological polar surface area (TPSA) is 94.6 Å². The zero-order chi connectivity index (χ0) is 30.2. The highest BCUT2D eigenvalue weighted by Crippen LogP contribution is 2.36. The number of hydrogen-bond acceptors (Lipinski definition) is 5. The van der Waals surface area contributed by atoms with Crippen LogP contribution in [0.25, 0.3) is 0 Å². The molecule has 1 aliphatic carbocycles. The molecule has 0 radical (unpaired) electrons. The van der Waals surface area contributed by atoms with Gasteiger partial charge in [-0.25, -0.2) is 4.98 Å². The first-order valence-corrected chi connectivity index (χ1v) is 14.0. The third kappa shape index (κ3) is 8.98. The van der Waals surface area contributed by atoms with Gasteiger partial charge in [0.25, 0.3) is 5.91 Å². The van der Waals surface area contributed by atoms with Gasteiger partial charge in [0.15, 0.2) is 5.82 Å². The average Bonchev–Trinajstić information content (AvgIpc) is 2.94. The van der Waals surface area contributed by atoms with Crippen molar-refractivity contribution in [1.29, 1.82) is 0 Å². The molecule has 222 valence electrons. The number of alkyl halides is 3. The second kappa shape index (κ2) is 14.4. The number of amides is 1. The van der Waals surface area contributed by atoms with Gasteiger partial charge in [-0.1, -0.05) is 44.4 Å². The van der Waals surface area contributed by atoms with Crippen LogP contribution in [-0.4, -0.2) is 41.6 Å². The summed E-state index contributed by atoms with van der Waals surface area (Å²) in [5.74, 6) is -0.870. The van der Waals surface area contributed by atoms with Gasteiger partial charge in [-0.3, -0.25) is 9.59 Å². The quantitative estimate of drug-likeness (QED) is 0.224. The molecule has 3 rings (SSSR count). The molecule has 1 amide bonds. The minimum Gasteiger partial charge on any atom is -0.481 e. The monoisotopic (exact) mass is 592 g/mol. The first kappa shape index (κ1) is 32.0. The summed E-state index contributed by atoms with van der Waals surface area (Å²) in [7, 11) is 1.69. The minimum atomic E-state index is -4.55. The number of pyridine rings is 1. The molecule has 1 aromatic carbocycles. The summed E-state index contributed by atoms with van der Waals surface area (Å²) < 4.78 is 39.4. The number of halogens is 4. The lowest BCUT2D eigenvalue weighted by molar-refractivity contribution is -0.138. The second-order valence-electron chi connectivity index (χ2n) is 10.2. The predicted molar refractivity (Wildman–Crippen MR) is 155 cm³/mol. The second-order valence-corrected chi connectivity index (χ2v) is 10.6. The molecule has 0 aliphatic heterocycles. The molecule has 41 heavy (non-hydrogen) atoms. The Morgan fingerprint density at radius 2 is 1.88 bits per heavy atom. The maximum absolute atomic E-state index is 13.1. The predicted octanol–water partition coefficient (Wildman–Crippen LogP) is 7.31. The Morgan fingerprint density at radius 1 is 1.22 bits per heavy atom. The molecule has 1 saturated carbocycles. The molecule has 0 bridgehead atoms. The van der Waals surface area contributed by atoms with Crippen LogP contribution in [0.2, 0.25) is 5.02 Å². The van der Waals surface area contributed by atoms with Crippen LogP contribution in [0.5, 0.6) is 0 Å². The fourth-order valence-corrected chi connectivity index (χ4v) is 5.21. The van der Waals surface area contributed by atoms with Crippen molar-refractivity contribution >= 4 is 35.0 Å². The Morgan fingerprint density at radius 3 is 2.44 bits per heavy atom. The molecule has 1 aromatic heterocycles. The zero-order valence-electron chi connectivity index (χ0n) is 23.2. The summed E-state index contributed by atoms with van der Waals surface area (Å²) >= 11 is 6.24. The lowest BCUT2D eigenvalue weighted by Gasteiger charge is -2.35. The SMILES string of the molecule is C=C(CC)/C(=C\N(C)c1ncc(C(F)(F)F)cc1Cl)C(Nc1ccc(C(=O)NCCC(=O)O)cc1)C1CCCCC1. The number of benzene rings is 1. The van der Waals surface area contributed by atoms with E-state index in [9.17, 15) is 22.8 Å². The number of aliphatic carboxylic acids is 1. The Balaban J connectivity index is 1.91. The van der Waals surface area contributed by atoms with E-state index in [0.717, 1.165) is 61.2 Å². The standard InChI is InChI=1S/C30H36ClF3N4O3/c1-4-19(2)24(18-38(3)28-25(31)16-22(17-36-28)30(32,33)34)27(20-8-6-5-7-9-20)37-23-12-10-21(11-13-23)29(41)35-15-14-26(39)40/h10-13,16-18,20,27,37H,2,4-9,14-15H2,1,3H3,(H,35,41)(H,39,40)/b24-18+. The van der Waals surface area contributed by atoms with E-state index in [1.54, 1.807) is 36.2 Å². The molecule has 1 aliphatic rings. The summed E-state index contributed by atoms with van der Waals surface area (Å²) in [6.07, 6.45) is 3.90. The van der Waals surface area contributed by atoms with E-state index in [2.05, 4.69) is 22.2 Å². The third-order valence-corrected chi connectivity index (χ3v) is 7.48. The smallest absolute Gasteiger partial charge is 0.417 e. The average molecular weight is 593 g/mol. The maximum atomic E-state index is 13.1. The Hall–Kier alpha value is -3.53. The van der Waals surface area contributed by atoms with Gasteiger partial charge in [0, 0.05) is 37.2 Å². The van der Waals surface area contributed by atoms with Crippen LogP contribution in [0.15, 0.2) is 60.5 Å². The summed E-state index contributed by atoms with van der Waals surface area (Å²) in [4.78, 5) is 28.7. The number of carbonyl (C=O) groups is 2. The van der Waals surface area contributed by atoms with Gasteiger partial charge in [0.05, 0.1) is 23.0 Å². The number of anilines is 2. The minimum absolute atomic E-state index is 0.0382. The highest BCUT2D eigenvalue weighted by atomic mass is 35.5. The zero-order valence-corrected chi connectivity index (χ0v) is 24.0. The fraction of sp³-hybridized carbons (Fsp3) is 0.433. The number of carbonyl (C=O) groups excluding carboxylic acids is 1. The number of hydrogen-bond donors (Lipinski definition) is 3. The normalized spacial score (nSPS) is 15.2. The van der Waals surface area contributed by atoms with Crippen LogP contribution in [-0.2, 0) is 11.0 Å². The maximum Gasteiger partial charge on any atom is 0.417 e. The molecule has 1 heterocycles. The number of rotatable bonds is 12. The molecule has 7 nitrogen and oxygen atoms in total. The number of carboxylic acid groups (broad SMARTS) is 1. The van der Waals surface area contributed by atoms with Gasteiger partial charge < -0.3 is 20.6 Å². The van der Waals surface area contributed by atoms with E-state index in [-0.39, 0.29) is 41.7 Å². The molecule has 1 fully saturated rings. The molecule has 11 heteroatoms. The van der Waals surface area contributed by atoms with E-state index in [0.29, 0.717) is 12.0 Å². The molecular weight excluding hydrogens is 557 g/mol. The molecular formula is C30H36ClF3N4O3. The molecule has 0 saturated heterocycles. The van der Waals surface area contributed by atoms with Gasteiger partial charge in [0.1, 0.15) is 0 Å². The Bertz CT molecular complexity index is 1260. The largest absolute Gasteiger partial charge is 0.481 e. The van der Waals surface area contributed by atoms with Gasteiger partial charge in [0.2, 0.25) is 0 Å². The third-order valence-electron chi connectivity index (χ3n) is 7.20. The Labute approximate surface area is 243 Å². The summed E-state index contributed by atoms with van der Waals surface area (Å²) in [6, 6.07) is 7.66. The highest BCUT2D eigenvalue weighted by molar-refractivity contribution is 6.33. The van der Waals surface area contributed by atoms with Crippen molar-refractivity contribution in [2.45, 2.75) is 64.1 Å².